The van der Waals surface area contributed by atoms with Crippen LogP contribution in [0.25, 0.3) is 20.2 Å². The van der Waals surface area contributed by atoms with Crippen molar-refractivity contribution in [1.82, 2.24) is 0 Å². The van der Waals surface area contributed by atoms with E-state index in [0.717, 1.165) is 10.3 Å². The van der Waals surface area contributed by atoms with Gasteiger partial charge in [-0.15, -0.1) is 11.3 Å². The summed E-state index contributed by atoms with van der Waals surface area (Å²) in [5.41, 5.74) is 1.01. The van der Waals surface area contributed by atoms with Crippen LogP contribution in [0.4, 0.5) is 5.69 Å². The summed E-state index contributed by atoms with van der Waals surface area (Å²) in [5, 5.41) is 1.42. The second-order valence-corrected chi connectivity index (χ2v) is 9.37. The third-order valence-electron chi connectivity index (χ3n) is 4.24. The van der Waals surface area contributed by atoms with E-state index in [0.29, 0.717) is 20.5 Å². The van der Waals surface area contributed by atoms with Gasteiger partial charge >= 0.3 is 0 Å². The minimum absolute atomic E-state index is 0.147. The molecule has 0 aliphatic carbocycles. The van der Waals surface area contributed by atoms with Crippen molar-refractivity contribution in [3.05, 3.63) is 81.5 Å². The van der Waals surface area contributed by atoms with Gasteiger partial charge in [-0.1, -0.05) is 35.4 Å². The average molecular weight is 416 g/mol. The Morgan fingerprint density at radius 1 is 0.963 bits per heavy atom. The molecule has 0 unspecified atom stereocenters. The molecule has 0 radical (unpaired) electrons. The molecule has 0 saturated heterocycles. The monoisotopic (exact) mass is 415 g/mol. The Labute approximate surface area is 165 Å². The number of hydrogen-bond donors (Lipinski definition) is 1. The zero-order chi connectivity index (χ0) is 19.2. The fourth-order valence-corrected chi connectivity index (χ4v) is 5.33. The molecule has 3 aromatic carbocycles. The molecule has 1 N–H and O–H groups in total. The number of fused-ring (bicyclic) bond motifs is 2. The summed E-state index contributed by atoms with van der Waals surface area (Å²) < 4.78 is 29.5. The maximum Gasteiger partial charge on any atom is 0.261 e. The third kappa shape index (κ3) is 3.32. The van der Waals surface area contributed by atoms with Gasteiger partial charge in [0, 0.05) is 19.8 Å². The molecule has 0 spiro atoms. The maximum absolute atomic E-state index is 13.0. The van der Waals surface area contributed by atoms with E-state index in [1.807, 2.05) is 6.92 Å². The number of nitrogens with one attached hydrogen (secondary N) is 1. The summed E-state index contributed by atoms with van der Waals surface area (Å²) in [4.78, 5) is 13.2. The molecule has 4 aromatic rings. The van der Waals surface area contributed by atoms with Gasteiger partial charge in [0.25, 0.3) is 10.0 Å². The van der Waals surface area contributed by atoms with Gasteiger partial charge in [0.15, 0.2) is 5.43 Å². The Morgan fingerprint density at radius 3 is 2.44 bits per heavy atom. The first-order chi connectivity index (χ1) is 12.8. The van der Waals surface area contributed by atoms with E-state index in [9.17, 15) is 13.2 Å². The van der Waals surface area contributed by atoms with Crippen LogP contribution in [0.3, 0.4) is 0 Å². The minimum atomic E-state index is -3.80. The number of anilines is 1. The molecule has 27 heavy (non-hydrogen) atoms. The Kier molecular flexibility index (Phi) is 4.42. The molecule has 0 aliphatic rings. The van der Waals surface area contributed by atoms with Gasteiger partial charge in [0.05, 0.1) is 16.0 Å². The van der Waals surface area contributed by atoms with Crippen LogP contribution in [0.15, 0.2) is 70.4 Å². The molecule has 0 fully saturated rings. The standard InChI is InChI=1S/C20H14ClNO3S2/c1-12-5-8-14(9-6-12)27(24,25)22-16-3-2-4-17-19(16)20(23)15-10-7-13(21)11-18(15)26-17/h2-11,22H,1H3. The van der Waals surface area contributed by atoms with E-state index < -0.39 is 10.0 Å². The number of rotatable bonds is 3. The lowest BCUT2D eigenvalue weighted by Gasteiger charge is -2.11. The zero-order valence-electron chi connectivity index (χ0n) is 14.2. The van der Waals surface area contributed by atoms with Crippen molar-refractivity contribution in [1.29, 1.82) is 0 Å². The van der Waals surface area contributed by atoms with Crippen molar-refractivity contribution < 1.29 is 8.42 Å². The molecule has 1 heterocycles. The lowest BCUT2D eigenvalue weighted by molar-refractivity contribution is 0.601. The summed E-state index contributed by atoms with van der Waals surface area (Å²) >= 11 is 7.43. The van der Waals surface area contributed by atoms with Crippen molar-refractivity contribution >= 4 is 58.8 Å². The SMILES string of the molecule is Cc1ccc(S(=O)(=O)Nc2cccc3sc4cc(Cl)ccc4c(=O)c23)cc1. The number of aryl methyl sites for hydroxylation is 1. The van der Waals surface area contributed by atoms with Crippen LogP contribution in [0, 0.1) is 6.92 Å². The van der Waals surface area contributed by atoms with Crippen molar-refractivity contribution in [2.24, 2.45) is 0 Å². The fraction of sp³-hybridized carbons (Fsp3) is 0.0500. The summed E-state index contributed by atoms with van der Waals surface area (Å²) in [6.07, 6.45) is 0. The molecule has 1 aromatic heterocycles. The number of benzene rings is 3. The average Bonchev–Trinajstić information content (AvgIpc) is 2.61. The van der Waals surface area contributed by atoms with Crippen molar-refractivity contribution in [3.8, 4) is 0 Å². The highest BCUT2D eigenvalue weighted by Crippen LogP contribution is 2.31. The van der Waals surface area contributed by atoms with Crippen LogP contribution in [-0.2, 0) is 10.0 Å². The lowest BCUT2D eigenvalue weighted by atomic mass is 10.1. The first-order valence-corrected chi connectivity index (χ1v) is 10.8. The fourth-order valence-electron chi connectivity index (χ4n) is 2.88. The maximum atomic E-state index is 13.0. The topological polar surface area (TPSA) is 63.2 Å². The van der Waals surface area contributed by atoms with E-state index in [4.69, 9.17) is 11.6 Å². The van der Waals surface area contributed by atoms with Gasteiger partial charge in [0.1, 0.15) is 0 Å². The Morgan fingerprint density at radius 2 is 1.70 bits per heavy atom. The number of sulfonamides is 1. The minimum Gasteiger partial charge on any atom is -0.288 e. The van der Waals surface area contributed by atoms with E-state index in [-0.39, 0.29) is 16.0 Å². The number of halogens is 1. The second kappa shape index (κ2) is 6.64. The molecule has 0 amide bonds. The Bertz CT molecular complexity index is 1340. The molecule has 136 valence electrons. The highest BCUT2D eigenvalue weighted by molar-refractivity contribution is 7.92. The van der Waals surface area contributed by atoms with Crippen molar-refractivity contribution in [2.75, 3.05) is 4.72 Å². The van der Waals surface area contributed by atoms with E-state index in [1.165, 1.54) is 11.3 Å². The summed E-state index contributed by atoms with van der Waals surface area (Å²) in [7, 11) is -3.80. The molecular weight excluding hydrogens is 402 g/mol. The smallest absolute Gasteiger partial charge is 0.261 e. The highest BCUT2D eigenvalue weighted by atomic mass is 35.5. The van der Waals surface area contributed by atoms with Crippen LogP contribution in [0.1, 0.15) is 5.56 Å². The molecule has 0 atom stereocenters. The van der Waals surface area contributed by atoms with E-state index in [1.54, 1.807) is 60.7 Å². The summed E-state index contributed by atoms with van der Waals surface area (Å²) in [6.45, 7) is 1.89. The Balaban J connectivity index is 1.91. The number of hydrogen-bond acceptors (Lipinski definition) is 4. The van der Waals surface area contributed by atoms with Crippen LogP contribution in [0.5, 0.6) is 0 Å². The van der Waals surface area contributed by atoms with Crippen LogP contribution < -0.4 is 10.2 Å². The van der Waals surface area contributed by atoms with Gasteiger partial charge in [-0.05, 0) is 49.4 Å². The molecule has 0 bridgehead atoms. The Hall–Kier alpha value is -2.41. The van der Waals surface area contributed by atoms with E-state index >= 15 is 0 Å². The normalized spacial score (nSPS) is 11.8. The molecule has 7 heteroatoms. The molecule has 4 rings (SSSR count). The largest absolute Gasteiger partial charge is 0.288 e. The van der Waals surface area contributed by atoms with Crippen LogP contribution >= 0.6 is 22.9 Å². The second-order valence-electron chi connectivity index (χ2n) is 6.17. The van der Waals surface area contributed by atoms with Gasteiger partial charge in [-0.25, -0.2) is 8.42 Å². The van der Waals surface area contributed by atoms with Gasteiger partial charge in [-0.3, -0.25) is 9.52 Å². The van der Waals surface area contributed by atoms with Gasteiger partial charge in [0.2, 0.25) is 0 Å². The molecule has 0 saturated carbocycles. The van der Waals surface area contributed by atoms with Crippen molar-refractivity contribution in [2.45, 2.75) is 11.8 Å². The zero-order valence-corrected chi connectivity index (χ0v) is 16.6. The first kappa shape index (κ1) is 18.0. The van der Waals surface area contributed by atoms with Crippen molar-refractivity contribution in [3.63, 3.8) is 0 Å². The lowest BCUT2D eigenvalue weighted by Crippen LogP contribution is -2.15. The summed E-state index contributed by atoms with van der Waals surface area (Å²) in [5.74, 6) is 0. The third-order valence-corrected chi connectivity index (χ3v) is 6.97. The predicted octanol–water partition coefficient (Wildman–Crippen LogP) is 5.18. The molecular formula is C20H14ClNO3S2. The quantitative estimate of drug-likeness (QED) is 0.469. The van der Waals surface area contributed by atoms with Gasteiger partial charge in [-0.2, -0.15) is 0 Å². The molecule has 0 aliphatic heterocycles. The predicted molar refractivity (Wildman–Crippen MR) is 113 cm³/mol. The van der Waals surface area contributed by atoms with Crippen LogP contribution in [0.2, 0.25) is 5.02 Å². The van der Waals surface area contributed by atoms with E-state index in [2.05, 4.69) is 4.72 Å². The van der Waals surface area contributed by atoms with Crippen LogP contribution in [-0.4, -0.2) is 8.42 Å². The molecule has 4 nitrogen and oxygen atoms in total. The highest BCUT2D eigenvalue weighted by Gasteiger charge is 2.17. The summed E-state index contributed by atoms with van der Waals surface area (Å²) in [6, 6.07) is 16.7. The van der Waals surface area contributed by atoms with Gasteiger partial charge < -0.3 is 0 Å². The first-order valence-electron chi connectivity index (χ1n) is 8.10.